The van der Waals surface area contributed by atoms with Crippen molar-refractivity contribution in [2.24, 2.45) is 0 Å². The van der Waals surface area contributed by atoms with Crippen molar-refractivity contribution in [2.75, 3.05) is 14.2 Å². The molecule has 1 rings (SSSR count). The minimum atomic E-state index is -0.612. The Morgan fingerprint density at radius 2 is 2.07 bits per heavy atom. The number of carbonyl (C=O) groups excluding carboxylic acids is 1. The van der Waals surface area contributed by atoms with Gasteiger partial charge < -0.3 is 14.6 Å². The van der Waals surface area contributed by atoms with Crippen LogP contribution in [0.2, 0.25) is 0 Å². The summed E-state index contributed by atoms with van der Waals surface area (Å²) in [5, 5.41) is 9.38. The van der Waals surface area contributed by atoms with Crippen molar-refractivity contribution < 1.29 is 19.4 Å². The van der Waals surface area contributed by atoms with Crippen LogP contribution < -0.4 is 4.74 Å². The summed E-state index contributed by atoms with van der Waals surface area (Å²) in [6.07, 6.45) is -0.612. The maximum atomic E-state index is 11.2. The summed E-state index contributed by atoms with van der Waals surface area (Å²) in [4.78, 5) is 11.2. The number of phenols is 1. The highest BCUT2D eigenvalue weighted by Crippen LogP contribution is 2.30. The van der Waals surface area contributed by atoms with Crippen molar-refractivity contribution in [2.45, 2.75) is 13.0 Å². The van der Waals surface area contributed by atoms with Crippen molar-refractivity contribution in [3.05, 3.63) is 23.8 Å². The summed E-state index contributed by atoms with van der Waals surface area (Å²) < 4.78 is 9.99. The lowest BCUT2D eigenvalue weighted by Gasteiger charge is -2.13. The first-order valence-corrected chi connectivity index (χ1v) is 4.50. The van der Waals surface area contributed by atoms with E-state index in [-0.39, 0.29) is 11.5 Å². The number of methoxy groups -OCH3 is 2. The SMILES string of the molecule is COc1cc(C(OC)C(C)=O)ccc1O. The van der Waals surface area contributed by atoms with Gasteiger partial charge in [-0.2, -0.15) is 0 Å². The highest BCUT2D eigenvalue weighted by Gasteiger charge is 2.17. The summed E-state index contributed by atoms with van der Waals surface area (Å²) in [6.45, 7) is 1.45. The highest BCUT2D eigenvalue weighted by molar-refractivity contribution is 5.82. The van der Waals surface area contributed by atoms with Crippen LogP contribution in [0.4, 0.5) is 0 Å². The number of aromatic hydroxyl groups is 1. The van der Waals surface area contributed by atoms with E-state index in [2.05, 4.69) is 0 Å². The number of ether oxygens (including phenoxy) is 2. The summed E-state index contributed by atoms with van der Waals surface area (Å²) >= 11 is 0. The second-order valence-corrected chi connectivity index (χ2v) is 3.16. The van der Waals surface area contributed by atoms with E-state index in [4.69, 9.17) is 9.47 Å². The molecule has 0 heterocycles. The van der Waals surface area contributed by atoms with Gasteiger partial charge in [-0.3, -0.25) is 4.79 Å². The third-order valence-corrected chi connectivity index (χ3v) is 2.11. The lowest BCUT2D eigenvalue weighted by molar-refractivity contribution is -0.126. The summed E-state index contributed by atoms with van der Waals surface area (Å²) in [5.41, 5.74) is 0.666. The number of carbonyl (C=O) groups is 1. The van der Waals surface area contributed by atoms with E-state index < -0.39 is 6.10 Å². The molecule has 0 aliphatic rings. The van der Waals surface area contributed by atoms with Gasteiger partial charge in [0.1, 0.15) is 6.10 Å². The van der Waals surface area contributed by atoms with Gasteiger partial charge in [0, 0.05) is 7.11 Å². The van der Waals surface area contributed by atoms with E-state index in [1.54, 1.807) is 12.1 Å². The molecule has 0 bridgehead atoms. The molecule has 1 unspecified atom stereocenters. The van der Waals surface area contributed by atoms with Gasteiger partial charge in [-0.1, -0.05) is 6.07 Å². The highest BCUT2D eigenvalue weighted by atomic mass is 16.5. The Hall–Kier alpha value is -1.55. The Labute approximate surface area is 88.4 Å². The van der Waals surface area contributed by atoms with E-state index in [0.717, 1.165) is 0 Å². The lowest BCUT2D eigenvalue weighted by atomic mass is 10.1. The van der Waals surface area contributed by atoms with Gasteiger partial charge >= 0.3 is 0 Å². The maximum Gasteiger partial charge on any atom is 0.163 e. The Morgan fingerprint density at radius 1 is 1.40 bits per heavy atom. The maximum absolute atomic E-state index is 11.2. The molecular weight excluding hydrogens is 196 g/mol. The molecule has 0 aliphatic heterocycles. The molecule has 0 fully saturated rings. The Balaban J connectivity index is 3.09. The van der Waals surface area contributed by atoms with Crippen LogP contribution in [0.1, 0.15) is 18.6 Å². The lowest BCUT2D eigenvalue weighted by Crippen LogP contribution is -2.10. The van der Waals surface area contributed by atoms with Gasteiger partial charge in [0.15, 0.2) is 17.3 Å². The van der Waals surface area contributed by atoms with Crippen LogP contribution in [-0.2, 0) is 9.53 Å². The first-order chi connectivity index (χ1) is 7.10. The van der Waals surface area contributed by atoms with E-state index >= 15 is 0 Å². The van der Waals surface area contributed by atoms with E-state index in [0.29, 0.717) is 11.3 Å². The number of ketones is 1. The van der Waals surface area contributed by atoms with E-state index in [1.165, 1.54) is 27.2 Å². The monoisotopic (exact) mass is 210 g/mol. The van der Waals surface area contributed by atoms with E-state index in [1.807, 2.05) is 0 Å². The van der Waals surface area contributed by atoms with Crippen LogP contribution in [0.3, 0.4) is 0 Å². The van der Waals surface area contributed by atoms with Gasteiger partial charge in [-0.25, -0.2) is 0 Å². The number of phenolic OH excluding ortho intramolecular Hbond substituents is 1. The van der Waals surface area contributed by atoms with Crippen molar-refractivity contribution in [3.63, 3.8) is 0 Å². The second kappa shape index (κ2) is 4.79. The smallest absolute Gasteiger partial charge is 0.163 e. The molecule has 82 valence electrons. The van der Waals surface area contributed by atoms with Gasteiger partial charge in [-0.15, -0.1) is 0 Å². The predicted molar refractivity (Wildman–Crippen MR) is 55.1 cm³/mol. The number of benzene rings is 1. The molecular formula is C11H14O4. The van der Waals surface area contributed by atoms with Crippen molar-refractivity contribution >= 4 is 5.78 Å². The second-order valence-electron chi connectivity index (χ2n) is 3.16. The number of Topliss-reactive ketones (excluding diaryl/α,β-unsaturated/α-hetero) is 1. The van der Waals surface area contributed by atoms with Gasteiger partial charge in [0.05, 0.1) is 7.11 Å². The largest absolute Gasteiger partial charge is 0.504 e. The van der Waals surface area contributed by atoms with Crippen LogP contribution in [-0.4, -0.2) is 25.1 Å². The van der Waals surface area contributed by atoms with Crippen LogP contribution >= 0.6 is 0 Å². The molecule has 1 aromatic rings. The molecule has 1 N–H and O–H groups in total. The minimum absolute atomic E-state index is 0.0413. The fourth-order valence-electron chi connectivity index (χ4n) is 1.39. The minimum Gasteiger partial charge on any atom is -0.504 e. The molecule has 0 saturated carbocycles. The number of hydrogen-bond acceptors (Lipinski definition) is 4. The molecule has 0 aliphatic carbocycles. The Morgan fingerprint density at radius 3 is 2.53 bits per heavy atom. The van der Waals surface area contributed by atoms with Crippen LogP contribution in [0, 0.1) is 0 Å². The third-order valence-electron chi connectivity index (χ3n) is 2.11. The van der Waals surface area contributed by atoms with Crippen LogP contribution in [0.15, 0.2) is 18.2 Å². The fourth-order valence-corrected chi connectivity index (χ4v) is 1.39. The molecule has 1 aromatic carbocycles. The molecule has 4 nitrogen and oxygen atoms in total. The zero-order valence-corrected chi connectivity index (χ0v) is 8.98. The first kappa shape index (κ1) is 11.5. The molecule has 1 atom stereocenters. The Kier molecular flexibility index (Phi) is 3.68. The topological polar surface area (TPSA) is 55.8 Å². The molecule has 0 aromatic heterocycles. The first-order valence-electron chi connectivity index (χ1n) is 4.50. The van der Waals surface area contributed by atoms with Crippen LogP contribution in [0.5, 0.6) is 11.5 Å². The van der Waals surface area contributed by atoms with Gasteiger partial charge in [0.25, 0.3) is 0 Å². The fraction of sp³-hybridized carbons (Fsp3) is 0.364. The molecule has 0 saturated heterocycles. The normalized spacial score (nSPS) is 12.2. The average Bonchev–Trinajstić information content (AvgIpc) is 2.21. The van der Waals surface area contributed by atoms with Crippen LogP contribution in [0.25, 0.3) is 0 Å². The zero-order valence-electron chi connectivity index (χ0n) is 8.98. The molecule has 0 radical (unpaired) electrons. The van der Waals surface area contributed by atoms with Crippen molar-refractivity contribution in [1.82, 2.24) is 0 Å². The quantitative estimate of drug-likeness (QED) is 0.821. The average molecular weight is 210 g/mol. The summed E-state index contributed by atoms with van der Waals surface area (Å²) in [7, 11) is 2.92. The van der Waals surface area contributed by atoms with E-state index in [9.17, 15) is 9.90 Å². The molecule has 0 spiro atoms. The number of rotatable bonds is 4. The van der Waals surface area contributed by atoms with Gasteiger partial charge in [0.2, 0.25) is 0 Å². The molecule has 0 amide bonds. The summed E-state index contributed by atoms with van der Waals surface area (Å²) in [5.74, 6) is 0.278. The third kappa shape index (κ3) is 2.47. The van der Waals surface area contributed by atoms with Crippen molar-refractivity contribution in [1.29, 1.82) is 0 Å². The number of hydrogen-bond donors (Lipinski definition) is 1. The molecule has 4 heteroatoms. The zero-order chi connectivity index (χ0) is 11.4. The molecule has 15 heavy (non-hydrogen) atoms. The predicted octanol–water partition coefficient (Wildman–Crippen LogP) is 1.68. The van der Waals surface area contributed by atoms with Gasteiger partial charge in [-0.05, 0) is 24.6 Å². The Bertz CT molecular complexity index is 360. The summed E-state index contributed by atoms with van der Waals surface area (Å²) in [6, 6.07) is 4.70. The van der Waals surface area contributed by atoms with Crippen molar-refractivity contribution in [3.8, 4) is 11.5 Å². The standard InChI is InChI=1S/C11H14O4/c1-7(12)11(15-3)8-4-5-9(13)10(6-8)14-2/h4-6,11,13H,1-3H3.